The standard InChI is InChI=1S/C17H18O/c1-3-7-13(2)16-11-10-15(18)12-17(16)14-8-5-4-6-9-14/h4-12,18H,3H2,1-2H3. The summed E-state index contributed by atoms with van der Waals surface area (Å²) in [5.41, 5.74) is 4.64. The van der Waals surface area contributed by atoms with Crippen LogP contribution in [0.5, 0.6) is 5.75 Å². The average Bonchev–Trinajstić information content (AvgIpc) is 2.40. The molecule has 1 nitrogen and oxygen atoms in total. The Morgan fingerprint density at radius 3 is 2.50 bits per heavy atom. The monoisotopic (exact) mass is 238 g/mol. The first-order chi connectivity index (χ1) is 8.72. The Labute approximate surface area is 108 Å². The van der Waals surface area contributed by atoms with Crippen molar-refractivity contribution in [3.05, 3.63) is 60.2 Å². The van der Waals surface area contributed by atoms with Gasteiger partial charge in [0.15, 0.2) is 0 Å². The van der Waals surface area contributed by atoms with Crippen LogP contribution in [-0.2, 0) is 0 Å². The number of rotatable bonds is 3. The SMILES string of the molecule is CCC=C(C)c1ccc(O)cc1-c1ccccc1. The van der Waals surface area contributed by atoms with Crippen molar-refractivity contribution in [2.45, 2.75) is 20.3 Å². The van der Waals surface area contributed by atoms with E-state index >= 15 is 0 Å². The van der Waals surface area contributed by atoms with Gasteiger partial charge >= 0.3 is 0 Å². The predicted molar refractivity (Wildman–Crippen MR) is 77.5 cm³/mol. The summed E-state index contributed by atoms with van der Waals surface area (Å²) in [7, 11) is 0. The van der Waals surface area contributed by atoms with Gasteiger partial charge in [0.2, 0.25) is 0 Å². The predicted octanol–water partition coefficient (Wildman–Crippen LogP) is 4.87. The van der Waals surface area contributed by atoms with Gasteiger partial charge in [-0.1, -0.05) is 49.4 Å². The van der Waals surface area contributed by atoms with E-state index in [1.54, 1.807) is 6.07 Å². The molecule has 18 heavy (non-hydrogen) atoms. The molecule has 0 amide bonds. The molecule has 0 aliphatic heterocycles. The van der Waals surface area contributed by atoms with E-state index in [9.17, 15) is 5.11 Å². The summed E-state index contributed by atoms with van der Waals surface area (Å²) in [6, 6.07) is 15.7. The van der Waals surface area contributed by atoms with Crippen LogP contribution in [0.4, 0.5) is 0 Å². The Hall–Kier alpha value is -2.02. The number of aromatic hydroxyl groups is 1. The minimum Gasteiger partial charge on any atom is -0.508 e. The first-order valence-electron chi connectivity index (χ1n) is 6.28. The molecule has 0 bridgehead atoms. The lowest BCUT2D eigenvalue weighted by molar-refractivity contribution is 0.475. The van der Waals surface area contributed by atoms with Crippen LogP contribution in [0.3, 0.4) is 0 Å². The molecule has 2 aromatic carbocycles. The minimum absolute atomic E-state index is 0.307. The number of benzene rings is 2. The van der Waals surface area contributed by atoms with Crippen LogP contribution < -0.4 is 0 Å². The third-order valence-electron chi connectivity index (χ3n) is 3.02. The van der Waals surface area contributed by atoms with Gasteiger partial charge in [-0.3, -0.25) is 0 Å². The number of hydrogen-bond acceptors (Lipinski definition) is 1. The fourth-order valence-corrected chi connectivity index (χ4v) is 2.15. The molecule has 0 fully saturated rings. The summed E-state index contributed by atoms with van der Waals surface area (Å²) in [6.45, 7) is 4.24. The highest BCUT2D eigenvalue weighted by molar-refractivity contribution is 5.81. The fourth-order valence-electron chi connectivity index (χ4n) is 2.15. The molecule has 92 valence electrons. The number of phenols is 1. The second kappa shape index (κ2) is 5.54. The lowest BCUT2D eigenvalue weighted by Crippen LogP contribution is -1.87. The van der Waals surface area contributed by atoms with Crippen LogP contribution in [0.2, 0.25) is 0 Å². The molecule has 0 radical (unpaired) electrons. The van der Waals surface area contributed by atoms with Gasteiger partial charge in [-0.2, -0.15) is 0 Å². The van der Waals surface area contributed by atoms with Crippen molar-refractivity contribution >= 4 is 5.57 Å². The Kier molecular flexibility index (Phi) is 3.83. The fraction of sp³-hybridized carbons (Fsp3) is 0.176. The minimum atomic E-state index is 0.307. The summed E-state index contributed by atoms with van der Waals surface area (Å²) < 4.78 is 0. The molecule has 0 saturated carbocycles. The van der Waals surface area contributed by atoms with E-state index in [1.165, 1.54) is 11.1 Å². The average molecular weight is 238 g/mol. The third kappa shape index (κ3) is 2.62. The number of allylic oxidation sites excluding steroid dienone is 2. The van der Waals surface area contributed by atoms with Crippen LogP contribution in [0.15, 0.2) is 54.6 Å². The molecule has 0 atom stereocenters. The highest BCUT2D eigenvalue weighted by Crippen LogP contribution is 2.31. The smallest absolute Gasteiger partial charge is 0.116 e. The zero-order valence-electron chi connectivity index (χ0n) is 10.9. The van der Waals surface area contributed by atoms with Gasteiger partial charge in [0.25, 0.3) is 0 Å². The van der Waals surface area contributed by atoms with Crippen LogP contribution in [0, 0.1) is 0 Å². The van der Waals surface area contributed by atoms with Gasteiger partial charge in [-0.05, 0) is 47.7 Å². The highest BCUT2D eigenvalue weighted by Gasteiger charge is 2.07. The van der Waals surface area contributed by atoms with Gasteiger partial charge in [0.05, 0.1) is 0 Å². The molecule has 0 aromatic heterocycles. The van der Waals surface area contributed by atoms with E-state index < -0.39 is 0 Å². The maximum Gasteiger partial charge on any atom is 0.116 e. The molecule has 0 unspecified atom stereocenters. The first kappa shape index (κ1) is 12.4. The summed E-state index contributed by atoms with van der Waals surface area (Å²) in [4.78, 5) is 0. The van der Waals surface area contributed by atoms with Gasteiger partial charge in [0.1, 0.15) is 5.75 Å². The van der Waals surface area contributed by atoms with E-state index in [4.69, 9.17) is 0 Å². The van der Waals surface area contributed by atoms with Gasteiger partial charge in [-0.25, -0.2) is 0 Å². The second-order valence-corrected chi connectivity index (χ2v) is 4.39. The third-order valence-corrected chi connectivity index (χ3v) is 3.02. The summed E-state index contributed by atoms with van der Waals surface area (Å²) in [5, 5.41) is 9.69. The molecule has 0 spiro atoms. The summed E-state index contributed by atoms with van der Waals surface area (Å²) in [5.74, 6) is 0.307. The van der Waals surface area contributed by atoms with Crippen molar-refractivity contribution < 1.29 is 5.11 Å². The quantitative estimate of drug-likeness (QED) is 0.808. The van der Waals surface area contributed by atoms with Crippen molar-refractivity contribution in [3.8, 4) is 16.9 Å². The van der Waals surface area contributed by atoms with E-state index in [0.29, 0.717) is 5.75 Å². The second-order valence-electron chi connectivity index (χ2n) is 4.39. The molecule has 1 N–H and O–H groups in total. The van der Waals surface area contributed by atoms with Crippen molar-refractivity contribution in [2.75, 3.05) is 0 Å². The maximum atomic E-state index is 9.69. The molecular formula is C17H18O. The van der Waals surface area contributed by atoms with Gasteiger partial charge < -0.3 is 5.11 Å². The van der Waals surface area contributed by atoms with Crippen molar-refractivity contribution in [1.82, 2.24) is 0 Å². The van der Waals surface area contributed by atoms with Crippen LogP contribution in [0.25, 0.3) is 16.7 Å². The number of hydrogen-bond donors (Lipinski definition) is 1. The van der Waals surface area contributed by atoms with E-state index in [2.05, 4.69) is 32.1 Å². The van der Waals surface area contributed by atoms with Crippen molar-refractivity contribution in [3.63, 3.8) is 0 Å². The Bertz CT molecular complexity index is 553. The van der Waals surface area contributed by atoms with Crippen LogP contribution in [-0.4, -0.2) is 5.11 Å². The highest BCUT2D eigenvalue weighted by atomic mass is 16.3. The zero-order chi connectivity index (χ0) is 13.0. The molecule has 2 aromatic rings. The molecule has 0 aliphatic carbocycles. The lowest BCUT2D eigenvalue weighted by atomic mass is 9.94. The Balaban J connectivity index is 2.58. The summed E-state index contributed by atoms with van der Waals surface area (Å²) in [6.07, 6.45) is 3.22. The zero-order valence-corrected chi connectivity index (χ0v) is 10.9. The molecule has 0 saturated heterocycles. The maximum absolute atomic E-state index is 9.69. The molecule has 1 heteroatoms. The van der Waals surface area contributed by atoms with E-state index in [-0.39, 0.29) is 0 Å². The van der Waals surface area contributed by atoms with E-state index in [0.717, 1.165) is 17.5 Å². The molecule has 0 heterocycles. The lowest BCUT2D eigenvalue weighted by Gasteiger charge is -2.11. The summed E-state index contributed by atoms with van der Waals surface area (Å²) >= 11 is 0. The van der Waals surface area contributed by atoms with Gasteiger partial charge in [-0.15, -0.1) is 0 Å². The Morgan fingerprint density at radius 1 is 1.11 bits per heavy atom. The van der Waals surface area contributed by atoms with Gasteiger partial charge in [0, 0.05) is 0 Å². The van der Waals surface area contributed by atoms with Crippen LogP contribution >= 0.6 is 0 Å². The normalized spacial score (nSPS) is 11.6. The Morgan fingerprint density at radius 2 is 1.83 bits per heavy atom. The number of phenolic OH excluding ortho intramolecular Hbond substituents is 1. The molecular weight excluding hydrogens is 220 g/mol. The largest absolute Gasteiger partial charge is 0.508 e. The van der Waals surface area contributed by atoms with Crippen LogP contribution in [0.1, 0.15) is 25.8 Å². The van der Waals surface area contributed by atoms with Crippen molar-refractivity contribution in [1.29, 1.82) is 0 Å². The van der Waals surface area contributed by atoms with E-state index in [1.807, 2.05) is 30.3 Å². The topological polar surface area (TPSA) is 20.2 Å². The first-order valence-corrected chi connectivity index (χ1v) is 6.28. The molecule has 0 aliphatic rings. The molecule has 2 rings (SSSR count). The van der Waals surface area contributed by atoms with Crippen molar-refractivity contribution in [2.24, 2.45) is 0 Å².